The van der Waals surface area contributed by atoms with Crippen molar-refractivity contribution in [3.63, 3.8) is 0 Å². The van der Waals surface area contributed by atoms with E-state index in [2.05, 4.69) is 26.6 Å². The van der Waals surface area contributed by atoms with E-state index in [4.69, 9.17) is 23.2 Å². The Morgan fingerprint density at radius 3 is 2.24 bits per heavy atom. The van der Waals surface area contributed by atoms with E-state index in [1.54, 1.807) is 30.3 Å². The molecule has 2 aromatic carbocycles. The highest BCUT2D eigenvalue weighted by Gasteiger charge is 2.15. The number of carbonyl (C=O) groups excluding carboxylic acids is 2. The summed E-state index contributed by atoms with van der Waals surface area (Å²) in [4.78, 5) is 23.6. The molecule has 4 nitrogen and oxygen atoms in total. The number of nitrogens with one attached hydrogen (secondary N) is 2. The van der Waals surface area contributed by atoms with Crippen LogP contribution in [0.25, 0.3) is 0 Å². The molecule has 0 aliphatic rings. The predicted molar refractivity (Wildman–Crippen MR) is 87.9 cm³/mol. The Bertz CT molecular complexity index is 707. The highest BCUT2D eigenvalue weighted by atomic mass is 79.9. The second-order valence-electron chi connectivity index (χ2n) is 4.02. The van der Waals surface area contributed by atoms with Gasteiger partial charge in [0.25, 0.3) is 0 Å². The fourth-order valence-electron chi connectivity index (χ4n) is 1.50. The number of rotatable bonds is 2. The van der Waals surface area contributed by atoms with Crippen LogP contribution in [-0.2, 0) is 9.59 Å². The summed E-state index contributed by atoms with van der Waals surface area (Å²) in [6.07, 6.45) is 0. The first kappa shape index (κ1) is 15.8. The number of halogens is 3. The van der Waals surface area contributed by atoms with E-state index in [9.17, 15) is 9.59 Å². The predicted octanol–water partition coefficient (Wildman–Crippen LogP) is 4.33. The zero-order chi connectivity index (χ0) is 15.4. The molecule has 2 amide bonds. The summed E-state index contributed by atoms with van der Waals surface area (Å²) in [5, 5.41) is 5.60. The van der Waals surface area contributed by atoms with E-state index < -0.39 is 11.8 Å². The molecule has 0 aromatic heterocycles. The van der Waals surface area contributed by atoms with Crippen molar-refractivity contribution in [2.45, 2.75) is 0 Å². The maximum atomic E-state index is 11.8. The average Bonchev–Trinajstić information content (AvgIpc) is 2.45. The zero-order valence-electron chi connectivity index (χ0n) is 10.5. The minimum Gasteiger partial charge on any atom is -0.318 e. The van der Waals surface area contributed by atoms with Crippen LogP contribution in [0.2, 0.25) is 10.0 Å². The minimum atomic E-state index is -0.802. The number of anilines is 2. The molecule has 0 radical (unpaired) electrons. The van der Waals surface area contributed by atoms with Gasteiger partial charge in [0.2, 0.25) is 0 Å². The van der Waals surface area contributed by atoms with Gasteiger partial charge in [0.1, 0.15) is 0 Å². The van der Waals surface area contributed by atoms with Crippen molar-refractivity contribution in [1.29, 1.82) is 0 Å². The topological polar surface area (TPSA) is 58.2 Å². The molecule has 2 N–H and O–H groups in total. The molecule has 0 unspecified atom stereocenters. The molecule has 0 aliphatic heterocycles. The molecule has 0 aliphatic carbocycles. The van der Waals surface area contributed by atoms with Crippen molar-refractivity contribution in [1.82, 2.24) is 0 Å². The Balaban J connectivity index is 2.04. The quantitative estimate of drug-likeness (QED) is 0.753. The second-order valence-corrected chi connectivity index (χ2v) is 5.69. The minimum absolute atomic E-state index is 0.292. The van der Waals surface area contributed by atoms with Crippen LogP contribution in [0.5, 0.6) is 0 Å². The number of amides is 2. The second kappa shape index (κ2) is 6.93. The van der Waals surface area contributed by atoms with Gasteiger partial charge in [-0.3, -0.25) is 9.59 Å². The largest absolute Gasteiger partial charge is 0.318 e. The normalized spacial score (nSPS) is 10.0. The van der Waals surface area contributed by atoms with Crippen LogP contribution in [-0.4, -0.2) is 11.8 Å². The molecule has 2 aromatic rings. The number of hydrogen-bond acceptors (Lipinski definition) is 2. The number of carbonyl (C=O) groups is 2. The molecular formula is C14H9BrCl2N2O2. The Hall–Kier alpha value is -1.56. The lowest BCUT2D eigenvalue weighted by Crippen LogP contribution is -2.29. The first-order chi connectivity index (χ1) is 9.97. The lowest BCUT2D eigenvalue weighted by molar-refractivity contribution is -0.133. The molecule has 0 saturated heterocycles. The molecule has 21 heavy (non-hydrogen) atoms. The van der Waals surface area contributed by atoms with Crippen molar-refractivity contribution in [3.05, 3.63) is 57.0 Å². The molecule has 0 atom stereocenters. The van der Waals surface area contributed by atoms with Crippen LogP contribution in [0.15, 0.2) is 46.9 Å². The summed E-state index contributed by atoms with van der Waals surface area (Å²) in [7, 11) is 0. The summed E-state index contributed by atoms with van der Waals surface area (Å²) in [6, 6.07) is 11.5. The Morgan fingerprint density at radius 1 is 0.905 bits per heavy atom. The number of para-hydroxylation sites is 1. The zero-order valence-corrected chi connectivity index (χ0v) is 13.6. The molecule has 108 valence electrons. The fourth-order valence-corrected chi connectivity index (χ4v) is 2.19. The number of hydrogen-bond donors (Lipinski definition) is 2. The van der Waals surface area contributed by atoms with E-state index in [1.165, 1.54) is 12.1 Å². The molecular weight excluding hydrogens is 379 g/mol. The van der Waals surface area contributed by atoms with Gasteiger partial charge in [-0.25, -0.2) is 0 Å². The van der Waals surface area contributed by atoms with Gasteiger partial charge in [0, 0.05) is 10.2 Å². The van der Waals surface area contributed by atoms with Crippen molar-refractivity contribution in [3.8, 4) is 0 Å². The maximum Gasteiger partial charge on any atom is 0.314 e. The van der Waals surface area contributed by atoms with Crippen molar-refractivity contribution >= 4 is 62.3 Å². The van der Waals surface area contributed by atoms with Gasteiger partial charge in [0.05, 0.1) is 15.7 Å². The van der Waals surface area contributed by atoms with Crippen molar-refractivity contribution < 1.29 is 9.59 Å². The van der Waals surface area contributed by atoms with Crippen molar-refractivity contribution in [2.75, 3.05) is 10.6 Å². The monoisotopic (exact) mass is 386 g/mol. The van der Waals surface area contributed by atoms with E-state index in [0.717, 1.165) is 0 Å². The van der Waals surface area contributed by atoms with Gasteiger partial charge >= 0.3 is 11.8 Å². The summed E-state index contributed by atoms with van der Waals surface area (Å²) >= 11 is 14.9. The first-order valence-corrected chi connectivity index (χ1v) is 7.34. The lowest BCUT2D eigenvalue weighted by Gasteiger charge is -2.08. The highest BCUT2D eigenvalue weighted by Crippen LogP contribution is 2.25. The first-order valence-electron chi connectivity index (χ1n) is 5.79. The van der Waals surface area contributed by atoms with Crippen LogP contribution >= 0.6 is 39.1 Å². The van der Waals surface area contributed by atoms with Gasteiger partial charge < -0.3 is 10.6 Å². The maximum absolute atomic E-state index is 11.8. The van der Waals surface area contributed by atoms with Gasteiger partial charge in [-0.1, -0.05) is 35.3 Å². The Kier molecular flexibility index (Phi) is 5.22. The molecule has 2 rings (SSSR count). The van der Waals surface area contributed by atoms with E-state index >= 15 is 0 Å². The Morgan fingerprint density at radius 2 is 1.57 bits per heavy atom. The summed E-state index contributed by atoms with van der Waals surface area (Å²) in [5.41, 5.74) is 0.892. The highest BCUT2D eigenvalue weighted by molar-refractivity contribution is 9.10. The van der Waals surface area contributed by atoms with E-state index in [0.29, 0.717) is 25.9 Å². The smallest absolute Gasteiger partial charge is 0.314 e. The third-order valence-electron chi connectivity index (χ3n) is 2.51. The SMILES string of the molecule is O=C(Nc1ccc(Cl)c(Cl)c1)C(=O)Nc1ccccc1Br. The van der Waals surface area contributed by atoms with E-state index in [-0.39, 0.29) is 0 Å². The van der Waals surface area contributed by atoms with Crippen LogP contribution in [0, 0.1) is 0 Å². The third-order valence-corrected chi connectivity index (χ3v) is 3.94. The molecule has 0 saturated carbocycles. The van der Waals surface area contributed by atoms with Gasteiger partial charge in [-0.15, -0.1) is 0 Å². The van der Waals surface area contributed by atoms with E-state index in [1.807, 2.05) is 0 Å². The Labute approximate surface area is 139 Å². The molecule has 0 spiro atoms. The standard InChI is InChI=1S/C14H9BrCl2N2O2/c15-9-3-1-2-4-12(9)19-14(21)13(20)18-8-5-6-10(16)11(17)7-8/h1-7H,(H,18,20)(H,19,21). The van der Waals surface area contributed by atoms with Gasteiger partial charge in [-0.2, -0.15) is 0 Å². The summed E-state index contributed by atoms with van der Waals surface area (Å²) in [5.74, 6) is -1.59. The van der Waals surface area contributed by atoms with Crippen LogP contribution in [0.3, 0.4) is 0 Å². The van der Waals surface area contributed by atoms with Crippen LogP contribution in [0.4, 0.5) is 11.4 Å². The molecule has 0 heterocycles. The lowest BCUT2D eigenvalue weighted by atomic mass is 10.3. The molecule has 7 heteroatoms. The number of benzene rings is 2. The average molecular weight is 388 g/mol. The van der Waals surface area contributed by atoms with Gasteiger partial charge in [-0.05, 0) is 46.3 Å². The summed E-state index contributed by atoms with van der Waals surface area (Å²) < 4.78 is 0.681. The van der Waals surface area contributed by atoms with Crippen LogP contribution in [0.1, 0.15) is 0 Å². The molecule has 0 bridgehead atoms. The molecule has 0 fully saturated rings. The fraction of sp³-hybridized carbons (Fsp3) is 0. The summed E-state index contributed by atoms with van der Waals surface area (Å²) in [6.45, 7) is 0. The third kappa shape index (κ3) is 4.20. The van der Waals surface area contributed by atoms with Gasteiger partial charge in [0.15, 0.2) is 0 Å². The van der Waals surface area contributed by atoms with Crippen LogP contribution < -0.4 is 10.6 Å². The van der Waals surface area contributed by atoms with Crippen molar-refractivity contribution in [2.24, 2.45) is 0 Å².